The van der Waals surface area contributed by atoms with Gasteiger partial charge in [0.15, 0.2) is 12.2 Å². The van der Waals surface area contributed by atoms with E-state index in [1.165, 1.54) is 11.8 Å². The number of methoxy groups -OCH3 is 1. The van der Waals surface area contributed by atoms with Crippen LogP contribution in [0.3, 0.4) is 0 Å². The number of anilines is 1. The van der Waals surface area contributed by atoms with Crippen LogP contribution in [0.25, 0.3) is 5.70 Å². The van der Waals surface area contributed by atoms with E-state index in [0.717, 1.165) is 27.4 Å². The first-order valence-corrected chi connectivity index (χ1v) is 11.0. The molecule has 0 radical (unpaired) electrons. The molecule has 0 aromatic heterocycles. The molecule has 0 bridgehead atoms. The van der Waals surface area contributed by atoms with Gasteiger partial charge in [0.2, 0.25) is 5.96 Å². The van der Waals surface area contributed by atoms with Crippen LogP contribution < -0.4 is 9.64 Å². The van der Waals surface area contributed by atoms with Crippen LogP contribution in [0.4, 0.5) is 10.5 Å². The average molecular weight is 460 g/mol. The summed E-state index contributed by atoms with van der Waals surface area (Å²) in [5.74, 6) is 0.473. The normalized spacial score (nSPS) is 21.4. The molecule has 0 spiro atoms. The van der Waals surface area contributed by atoms with Gasteiger partial charge in [0.1, 0.15) is 11.5 Å². The molecule has 174 valence electrons. The number of fused-ring (bicyclic) bond motifs is 3. The highest BCUT2D eigenvalue weighted by Crippen LogP contribution is 2.43. The highest BCUT2D eigenvalue weighted by Gasteiger charge is 2.55. The number of benzene rings is 2. The van der Waals surface area contributed by atoms with Crippen molar-refractivity contribution in [2.75, 3.05) is 25.6 Å². The lowest BCUT2D eigenvalue weighted by molar-refractivity contribution is -0.139. The number of urea groups is 1. The fourth-order valence-electron chi connectivity index (χ4n) is 4.63. The zero-order valence-corrected chi connectivity index (χ0v) is 19.4. The number of rotatable bonds is 5. The molecule has 34 heavy (non-hydrogen) atoms. The summed E-state index contributed by atoms with van der Waals surface area (Å²) < 4.78 is 5.66. The van der Waals surface area contributed by atoms with E-state index >= 15 is 0 Å². The Morgan fingerprint density at radius 3 is 2.53 bits per heavy atom. The van der Waals surface area contributed by atoms with E-state index in [-0.39, 0.29) is 12.3 Å². The third-order valence-corrected chi connectivity index (χ3v) is 6.24. The molecule has 2 aromatic rings. The van der Waals surface area contributed by atoms with Crippen molar-refractivity contribution in [3.05, 3.63) is 65.9 Å². The van der Waals surface area contributed by atoms with Gasteiger partial charge in [-0.25, -0.2) is 9.79 Å². The molecular formula is C25H25N5O4. The number of carbonyl (C=O) groups excluding carboxylic acids is 3. The van der Waals surface area contributed by atoms with E-state index in [0.29, 0.717) is 11.7 Å². The predicted molar refractivity (Wildman–Crippen MR) is 127 cm³/mol. The number of ketones is 1. The van der Waals surface area contributed by atoms with Gasteiger partial charge in [-0.15, -0.1) is 0 Å². The van der Waals surface area contributed by atoms with Crippen molar-refractivity contribution in [2.24, 2.45) is 4.99 Å². The largest absolute Gasteiger partial charge is 0.495 e. The Labute approximate surface area is 197 Å². The Bertz CT molecular complexity index is 1260. The third kappa shape index (κ3) is 3.23. The first kappa shape index (κ1) is 21.7. The van der Waals surface area contributed by atoms with Gasteiger partial charge in [-0.05, 0) is 31.5 Å². The molecule has 1 saturated heterocycles. The minimum absolute atomic E-state index is 0.263. The van der Waals surface area contributed by atoms with Gasteiger partial charge in [0, 0.05) is 18.8 Å². The van der Waals surface area contributed by atoms with Crippen LogP contribution in [0.15, 0.2) is 59.7 Å². The number of hydrogen-bond acceptors (Lipinski definition) is 7. The molecule has 9 nitrogen and oxygen atoms in total. The number of Topliss-reactive ketones (excluding diaryl/α,β-unsaturated/α-hetero) is 1. The number of carbonyl (C=O) groups is 3. The molecule has 3 aliphatic heterocycles. The van der Waals surface area contributed by atoms with E-state index in [2.05, 4.69) is 0 Å². The van der Waals surface area contributed by atoms with Crippen molar-refractivity contribution >= 4 is 35.1 Å². The molecule has 1 fully saturated rings. The molecule has 0 aliphatic carbocycles. The fourth-order valence-corrected chi connectivity index (χ4v) is 4.63. The Morgan fingerprint density at radius 2 is 1.85 bits per heavy atom. The van der Waals surface area contributed by atoms with Gasteiger partial charge < -0.3 is 9.64 Å². The van der Waals surface area contributed by atoms with Crippen molar-refractivity contribution in [2.45, 2.75) is 26.1 Å². The molecule has 3 aliphatic rings. The smallest absolute Gasteiger partial charge is 0.328 e. The van der Waals surface area contributed by atoms with E-state index in [9.17, 15) is 14.4 Å². The zero-order chi connectivity index (χ0) is 24.1. The molecular weight excluding hydrogens is 434 g/mol. The van der Waals surface area contributed by atoms with E-state index in [1.807, 2.05) is 66.6 Å². The number of nitrogens with zero attached hydrogens (tertiary/aromatic N) is 5. The highest BCUT2D eigenvalue weighted by molar-refractivity contribution is 6.17. The van der Waals surface area contributed by atoms with Gasteiger partial charge in [-0.2, -0.15) is 0 Å². The summed E-state index contributed by atoms with van der Waals surface area (Å²) in [7, 11) is 3.21. The third-order valence-electron chi connectivity index (χ3n) is 6.24. The number of aliphatic imine (C=N–C) groups is 1. The summed E-state index contributed by atoms with van der Waals surface area (Å²) in [6.45, 7) is 3.09. The second kappa shape index (κ2) is 8.02. The van der Waals surface area contributed by atoms with Gasteiger partial charge in [-0.1, -0.05) is 36.4 Å². The van der Waals surface area contributed by atoms with Crippen LogP contribution >= 0.6 is 0 Å². The number of guanidine groups is 1. The number of hydrogen-bond donors (Lipinski definition) is 0. The summed E-state index contributed by atoms with van der Waals surface area (Å²) in [5.41, 5.74) is 3.58. The second-order valence-corrected chi connectivity index (χ2v) is 8.61. The fraction of sp³-hybridized carbons (Fsp3) is 0.280. The van der Waals surface area contributed by atoms with Crippen molar-refractivity contribution in [3.8, 4) is 5.75 Å². The lowest BCUT2D eigenvalue weighted by Crippen LogP contribution is -2.64. The maximum absolute atomic E-state index is 13.4. The van der Waals surface area contributed by atoms with Crippen molar-refractivity contribution in [1.29, 1.82) is 0 Å². The minimum atomic E-state index is -0.767. The zero-order valence-electron chi connectivity index (χ0n) is 19.4. The van der Waals surface area contributed by atoms with Crippen LogP contribution in [0.5, 0.6) is 5.75 Å². The maximum atomic E-state index is 13.4. The lowest BCUT2D eigenvalue weighted by atomic mass is 10.1. The summed E-state index contributed by atoms with van der Waals surface area (Å²) in [5, 5.41) is 0. The Kier molecular flexibility index (Phi) is 5.11. The Hall–Kier alpha value is -4.14. The van der Waals surface area contributed by atoms with Gasteiger partial charge >= 0.3 is 6.03 Å². The van der Waals surface area contributed by atoms with Gasteiger partial charge in [0.05, 0.1) is 25.0 Å². The molecule has 2 unspecified atom stereocenters. The van der Waals surface area contributed by atoms with E-state index < -0.39 is 24.1 Å². The number of aryl methyl sites for hydroxylation is 1. The number of amides is 3. The first-order chi connectivity index (χ1) is 16.3. The molecule has 0 N–H and O–H groups in total. The molecule has 5 rings (SSSR count). The van der Waals surface area contributed by atoms with Gasteiger partial charge in [-0.3, -0.25) is 24.3 Å². The van der Waals surface area contributed by atoms with Crippen LogP contribution in [-0.2, 0) is 9.59 Å². The maximum Gasteiger partial charge on any atom is 0.328 e. The number of ether oxygens (including phenoxy) is 1. The van der Waals surface area contributed by atoms with Gasteiger partial charge in [0.25, 0.3) is 5.91 Å². The lowest BCUT2D eigenvalue weighted by Gasteiger charge is -2.39. The standard InChI is InChI=1S/C25H25N5O4/c1-15-10-11-20(34-4)18(12-15)30-19(17-8-6-5-7-9-17)14-28-21-22(26-24(28)30)27(3)25(33)29(23(21)32)13-16(2)31/h5-12,14,21-22H,13H2,1-4H3. The van der Waals surface area contributed by atoms with Crippen LogP contribution in [0.1, 0.15) is 18.1 Å². The summed E-state index contributed by atoms with van der Waals surface area (Å²) >= 11 is 0. The number of likely N-dealkylation sites (N-methyl/N-ethyl adjacent to an activating group) is 1. The van der Waals surface area contributed by atoms with Crippen molar-refractivity contribution < 1.29 is 19.1 Å². The first-order valence-electron chi connectivity index (χ1n) is 11.0. The summed E-state index contributed by atoms with van der Waals surface area (Å²) in [6, 6.07) is 14.4. The van der Waals surface area contributed by atoms with Crippen LogP contribution in [0.2, 0.25) is 0 Å². The molecule has 0 saturated carbocycles. The SMILES string of the molecule is COc1ccc(C)cc1N1C(c2ccccc2)=CN2C1=NC1C2C(=O)N(CC(C)=O)C(=O)N1C. The topological polar surface area (TPSA) is 85.8 Å². The molecule has 3 amide bonds. The molecule has 9 heteroatoms. The molecule has 2 aromatic carbocycles. The quantitative estimate of drug-likeness (QED) is 0.684. The van der Waals surface area contributed by atoms with Crippen molar-refractivity contribution in [3.63, 3.8) is 0 Å². The summed E-state index contributed by atoms with van der Waals surface area (Å²) in [4.78, 5) is 49.1. The molecule has 2 atom stereocenters. The van der Waals surface area contributed by atoms with Crippen LogP contribution in [-0.4, -0.2) is 71.3 Å². The van der Waals surface area contributed by atoms with Crippen LogP contribution in [0, 0.1) is 6.92 Å². The minimum Gasteiger partial charge on any atom is -0.495 e. The Morgan fingerprint density at radius 1 is 1.12 bits per heavy atom. The predicted octanol–water partition coefficient (Wildman–Crippen LogP) is 2.67. The average Bonchev–Trinajstić information content (AvgIpc) is 3.37. The van der Waals surface area contributed by atoms with E-state index in [4.69, 9.17) is 9.73 Å². The van der Waals surface area contributed by atoms with Crippen molar-refractivity contribution in [1.82, 2.24) is 14.7 Å². The molecule has 3 heterocycles. The second-order valence-electron chi connectivity index (χ2n) is 8.61. The monoisotopic (exact) mass is 459 g/mol. The summed E-state index contributed by atoms with van der Waals surface area (Å²) in [6.07, 6.45) is 1.18. The number of imide groups is 1. The highest BCUT2D eigenvalue weighted by atomic mass is 16.5. The van der Waals surface area contributed by atoms with E-state index in [1.54, 1.807) is 19.1 Å². The Balaban J connectivity index is 1.65.